The Hall–Kier alpha value is -2.92. The van der Waals surface area contributed by atoms with Crippen molar-refractivity contribution in [2.75, 3.05) is 0 Å². The van der Waals surface area contributed by atoms with Gasteiger partial charge in [0.05, 0.1) is 11.3 Å². The first-order chi connectivity index (χ1) is 10.7. The molecule has 0 N–H and O–H groups in total. The van der Waals surface area contributed by atoms with E-state index in [1.165, 1.54) is 5.56 Å². The maximum atomic E-state index is 9.68. The molecule has 2 aromatic carbocycles. The highest BCUT2D eigenvalue weighted by Crippen LogP contribution is 2.31. The third kappa shape index (κ3) is 2.62. The minimum atomic E-state index is 0.626. The zero-order valence-corrected chi connectivity index (χ0v) is 12.7. The molecule has 0 fully saturated rings. The average Bonchev–Trinajstić information content (AvgIpc) is 2.55. The summed E-state index contributed by atoms with van der Waals surface area (Å²) >= 11 is 0. The van der Waals surface area contributed by atoms with Crippen molar-refractivity contribution in [3.63, 3.8) is 0 Å². The second-order valence-electron chi connectivity index (χ2n) is 5.38. The smallest absolute Gasteiger partial charge is 0.102 e. The van der Waals surface area contributed by atoms with Gasteiger partial charge in [0.2, 0.25) is 0 Å². The Kier molecular flexibility index (Phi) is 3.72. The highest BCUT2D eigenvalue weighted by molar-refractivity contribution is 5.80. The lowest BCUT2D eigenvalue weighted by Gasteiger charge is -2.11. The third-order valence-corrected chi connectivity index (χ3v) is 3.67. The number of aryl methyl sites for hydroxylation is 2. The van der Waals surface area contributed by atoms with Crippen LogP contribution < -0.4 is 0 Å². The Morgan fingerprint density at radius 1 is 0.864 bits per heavy atom. The highest BCUT2D eigenvalue weighted by Gasteiger charge is 2.14. The van der Waals surface area contributed by atoms with Gasteiger partial charge in [0.15, 0.2) is 0 Å². The van der Waals surface area contributed by atoms with Crippen molar-refractivity contribution >= 4 is 0 Å². The Bertz CT molecular complexity index is 841. The van der Waals surface area contributed by atoms with Crippen LogP contribution >= 0.6 is 0 Å². The first-order valence-electron chi connectivity index (χ1n) is 7.23. The number of rotatable bonds is 2. The lowest BCUT2D eigenvalue weighted by Crippen LogP contribution is -1.96. The maximum absolute atomic E-state index is 9.68. The zero-order chi connectivity index (χ0) is 15.5. The van der Waals surface area contributed by atoms with E-state index in [4.69, 9.17) is 0 Å². The van der Waals surface area contributed by atoms with Crippen LogP contribution in [0, 0.1) is 25.2 Å². The molecule has 0 aliphatic carbocycles. The number of hydrogen-bond acceptors (Lipinski definition) is 2. The van der Waals surface area contributed by atoms with E-state index in [1.54, 1.807) is 0 Å². The van der Waals surface area contributed by atoms with Gasteiger partial charge in [-0.1, -0.05) is 60.2 Å². The van der Waals surface area contributed by atoms with Gasteiger partial charge in [0.25, 0.3) is 0 Å². The van der Waals surface area contributed by atoms with Crippen molar-refractivity contribution in [1.82, 2.24) is 4.98 Å². The van der Waals surface area contributed by atoms with Crippen molar-refractivity contribution in [2.45, 2.75) is 13.8 Å². The Balaban J connectivity index is 2.26. The van der Waals surface area contributed by atoms with Crippen LogP contribution in [0.15, 0.2) is 60.7 Å². The number of benzene rings is 2. The van der Waals surface area contributed by atoms with Crippen molar-refractivity contribution < 1.29 is 0 Å². The van der Waals surface area contributed by atoms with E-state index in [1.807, 2.05) is 74.5 Å². The fourth-order valence-electron chi connectivity index (χ4n) is 2.55. The molecule has 0 saturated heterocycles. The largest absolute Gasteiger partial charge is 0.252 e. The van der Waals surface area contributed by atoms with Crippen LogP contribution in [0.1, 0.15) is 16.8 Å². The molecule has 0 aliphatic heterocycles. The molecule has 0 saturated carbocycles. The predicted octanol–water partition coefficient (Wildman–Crippen LogP) is 4.90. The second-order valence-corrected chi connectivity index (χ2v) is 5.38. The molecule has 0 radical (unpaired) electrons. The SMILES string of the molecule is Cc1ccc(-c2nc(C)cc(-c3ccccc3)c2C#N)cc1. The zero-order valence-electron chi connectivity index (χ0n) is 12.7. The van der Waals surface area contributed by atoms with E-state index >= 15 is 0 Å². The molecule has 2 nitrogen and oxygen atoms in total. The van der Waals surface area contributed by atoms with E-state index in [0.717, 1.165) is 28.1 Å². The number of nitrogens with zero attached hydrogens (tertiary/aromatic N) is 2. The number of pyridine rings is 1. The maximum Gasteiger partial charge on any atom is 0.102 e. The summed E-state index contributed by atoms with van der Waals surface area (Å²) in [6.45, 7) is 4.01. The van der Waals surface area contributed by atoms with Gasteiger partial charge < -0.3 is 0 Å². The Labute approximate surface area is 130 Å². The number of aromatic nitrogens is 1. The summed E-state index contributed by atoms with van der Waals surface area (Å²) in [6, 6.07) is 22.4. The molecular formula is C20H16N2. The summed E-state index contributed by atoms with van der Waals surface area (Å²) in [5, 5.41) is 9.68. The summed E-state index contributed by atoms with van der Waals surface area (Å²) in [5.74, 6) is 0. The molecule has 0 spiro atoms. The normalized spacial score (nSPS) is 10.2. The first kappa shape index (κ1) is 14.0. The molecule has 3 rings (SSSR count). The summed E-state index contributed by atoms with van der Waals surface area (Å²) in [6.07, 6.45) is 0. The molecule has 0 aliphatic rings. The topological polar surface area (TPSA) is 36.7 Å². The van der Waals surface area contributed by atoms with Crippen LogP contribution in [0.4, 0.5) is 0 Å². The van der Waals surface area contributed by atoms with Gasteiger partial charge in [-0.15, -0.1) is 0 Å². The average molecular weight is 284 g/mol. The fourth-order valence-corrected chi connectivity index (χ4v) is 2.55. The minimum absolute atomic E-state index is 0.626. The highest BCUT2D eigenvalue weighted by atomic mass is 14.7. The summed E-state index contributed by atoms with van der Waals surface area (Å²) < 4.78 is 0. The summed E-state index contributed by atoms with van der Waals surface area (Å²) in [7, 11) is 0. The second kappa shape index (κ2) is 5.83. The quantitative estimate of drug-likeness (QED) is 0.670. The minimum Gasteiger partial charge on any atom is -0.252 e. The fraction of sp³-hybridized carbons (Fsp3) is 0.100. The molecule has 1 heterocycles. The summed E-state index contributed by atoms with van der Waals surface area (Å²) in [5.41, 5.74) is 6.43. The molecule has 22 heavy (non-hydrogen) atoms. The van der Waals surface area contributed by atoms with Crippen LogP contribution in [0.25, 0.3) is 22.4 Å². The molecular weight excluding hydrogens is 268 g/mol. The van der Waals surface area contributed by atoms with E-state index in [2.05, 4.69) is 11.1 Å². The molecule has 0 bridgehead atoms. The lowest BCUT2D eigenvalue weighted by molar-refractivity contribution is 1.19. The molecule has 3 aromatic rings. The van der Waals surface area contributed by atoms with Crippen molar-refractivity contribution in [3.8, 4) is 28.5 Å². The number of nitriles is 1. The van der Waals surface area contributed by atoms with Gasteiger partial charge in [-0.3, -0.25) is 4.98 Å². The van der Waals surface area contributed by atoms with Gasteiger partial charge in [-0.05, 0) is 25.5 Å². The van der Waals surface area contributed by atoms with Crippen LogP contribution in [-0.4, -0.2) is 4.98 Å². The standard InChI is InChI=1S/C20H16N2/c1-14-8-10-17(11-9-14)20-19(13-21)18(12-15(2)22-20)16-6-4-3-5-7-16/h3-12H,1-2H3. The van der Waals surface area contributed by atoms with Crippen molar-refractivity contribution in [2.24, 2.45) is 0 Å². The van der Waals surface area contributed by atoms with Gasteiger partial charge in [-0.2, -0.15) is 5.26 Å². The van der Waals surface area contributed by atoms with E-state index in [-0.39, 0.29) is 0 Å². The Morgan fingerprint density at radius 3 is 2.18 bits per heavy atom. The van der Waals surface area contributed by atoms with Gasteiger partial charge in [0, 0.05) is 16.8 Å². The predicted molar refractivity (Wildman–Crippen MR) is 89.3 cm³/mol. The first-order valence-corrected chi connectivity index (χ1v) is 7.23. The van der Waals surface area contributed by atoms with E-state index in [9.17, 15) is 5.26 Å². The van der Waals surface area contributed by atoms with Crippen LogP contribution in [0.2, 0.25) is 0 Å². The van der Waals surface area contributed by atoms with Gasteiger partial charge in [-0.25, -0.2) is 0 Å². The molecule has 0 unspecified atom stereocenters. The van der Waals surface area contributed by atoms with Crippen molar-refractivity contribution in [1.29, 1.82) is 5.26 Å². The molecule has 0 atom stereocenters. The van der Waals surface area contributed by atoms with Crippen LogP contribution in [-0.2, 0) is 0 Å². The van der Waals surface area contributed by atoms with E-state index < -0.39 is 0 Å². The molecule has 106 valence electrons. The lowest BCUT2D eigenvalue weighted by atomic mass is 9.95. The van der Waals surface area contributed by atoms with Gasteiger partial charge in [0.1, 0.15) is 6.07 Å². The number of hydrogen-bond donors (Lipinski definition) is 0. The molecule has 0 amide bonds. The molecule has 1 aromatic heterocycles. The third-order valence-electron chi connectivity index (χ3n) is 3.67. The van der Waals surface area contributed by atoms with Gasteiger partial charge >= 0.3 is 0 Å². The van der Waals surface area contributed by atoms with Crippen molar-refractivity contribution in [3.05, 3.63) is 77.5 Å². The summed E-state index contributed by atoms with van der Waals surface area (Å²) in [4.78, 5) is 4.61. The Morgan fingerprint density at radius 2 is 1.55 bits per heavy atom. The monoisotopic (exact) mass is 284 g/mol. The van der Waals surface area contributed by atoms with Crippen LogP contribution in [0.5, 0.6) is 0 Å². The van der Waals surface area contributed by atoms with Crippen LogP contribution in [0.3, 0.4) is 0 Å². The van der Waals surface area contributed by atoms with E-state index in [0.29, 0.717) is 5.56 Å². The molecule has 2 heteroatoms.